The van der Waals surface area contributed by atoms with Gasteiger partial charge in [0.2, 0.25) is 5.91 Å². The minimum absolute atomic E-state index is 0.162. The number of amides is 1. The lowest BCUT2D eigenvalue weighted by Crippen LogP contribution is -2.37. The molecule has 1 fully saturated rings. The summed E-state index contributed by atoms with van der Waals surface area (Å²) < 4.78 is 5.31. The first kappa shape index (κ1) is 10.8. The van der Waals surface area contributed by atoms with Crippen molar-refractivity contribution in [1.29, 1.82) is 0 Å². The van der Waals surface area contributed by atoms with Crippen molar-refractivity contribution in [2.75, 3.05) is 24.7 Å². The highest BCUT2D eigenvalue weighted by molar-refractivity contribution is 5.97. The number of benzene rings is 1. The van der Waals surface area contributed by atoms with Gasteiger partial charge in [0, 0.05) is 31.4 Å². The summed E-state index contributed by atoms with van der Waals surface area (Å²) in [6.07, 6.45) is 2.74. The van der Waals surface area contributed by atoms with Crippen LogP contribution in [0.15, 0.2) is 24.3 Å². The number of anilines is 1. The highest BCUT2D eigenvalue weighted by atomic mass is 16.5. The van der Waals surface area contributed by atoms with Gasteiger partial charge in [0.15, 0.2) is 0 Å². The molecule has 1 aromatic carbocycles. The van der Waals surface area contributed by atoms with Crippen molar-refractivity contribution in [3.63, 3.8) is 0 Å². The van der Waals surface area contributed by atoms with Crippen LogP contribution in [0.1, 0.15) is 18.4 Å². The second-order valence-corrected chi connectivity index (χ2v) is 4.76. The van der Waals surface area contributed by atoms with E-state index in [1.807, 2.05) is 17.0 Å². The fourth-order valence-electron chi connectivity index (χ4n) is 2.73. The third-order valence-corrected chi connectivity index (χ3v) is 3.72. The lowest BCUT2D eigenvalue weighted by Gasteiger charge is -2.26. The van der Waals surface area contributed by atoms with Crippen LogP contribution in [0.4, 0.5) is 5.69 Å². The molecule has 1 saturated heterocycles. The smallest absolute Gasteiger partial charge is 0.230 e. The topological polar surface area (TPSA) is 29.5 Å². The Labute approximate surface area is 101 Å². The fraction of sp³-hybridized carbons (Fsp3) is 0.500. The number of carbonyl (C=O) groups is 1. The third kappa shape index (κ3) is 1.95. The summed E-state index contributed by atoms with van der Waals surface area (Å²) in [7, 11) is 0. The second-order valence-electron chi connectivity index (χ2n) is 4.76. The molecule has 0 saturated carbocycles. The van der Waals surface area contributed by atoms with Crippen molar-refractivity contribution in [2.45, 2.75) is 19.3 Å². The van der Waals surface area contributed by atoms with Gasteiger partial charge in [-0.15, -0.1) is 0 Å². The number of nitrogens with zero attached hydrogens (tertiary/aromatic N) is 1. The van der Waals surface area contributed by atoms with Crippen molar-refractivity contribution in [1.82, 2.24) is 0 Å². The van der Waals surface area contributed by atoms with E-state index in [4.69, 9.17) is 4.74 Å². The number of fused-ring (bicyclic) bond motifs is 1. The van der Waals surface area contributed by atoms with E-state index < -0.39 is 0 Å². The van der Waals surface area contributed by atoms with Crippen molar-refractivity contribution >= 4 is 11.6 Å². The maximum atomic E-state index is 12.4. The van der Waals surface area contributed by atoms with Crippen LogP contribution >= 0.6 is 0 Å². The standard InChI is InChI=1S/C14H17NO2/c16-14(12-6-9-17-10-7-12)15-8-5-11-3-1-2-4-13(11)15/h1-4,12H,5-10H2. The summed E-state index contributed by atoms with van der Waals surface area (Å²) in [6.45, 7) is 2.30. The highest BCUT2D eigenvalue weighted by Gasteiger charge is 2.30. The molecular formula is C14H17NO2. The fourth-order valence-corrected chi connectivity index (χ4v) is 2.73. The molecule has 1 amide bonds. The van der Waals surface area contributed by atoms with Gasteiger partial charge < -0.3 is 9.64 Å². The van der Waals surface area contributed by atoms with E-state index in [9.17, 15) is 4.79 Å². The van der Waals surface area contributed by atoms with Gasteiger partial charge in [0.1, 0.15) is 0 Å². The molecule has 17 heavy (non-hydrogen) atoms. The average molecular weight is 231 g/mol. The van der Waals surface area contributed by atoms with Crippen molar-refractivity contribution < 1.29 is 9.53 Å². The van der Waals surface area contributed by atoms with Crippen molar-refractivity contribution in [3.8, 4) is 0 Å². The average Bonchev–Trinajstić information content (AvgIpc) is 2.83. The summed E-state index contributed by atoms with van der Waals surface area (Å²) in [6, 6.07) is 8.22. The van der Waals surface area contributed by atoms with E-state index in [-0.39, 0.29) is 5.92 Å². The van der Waals surface area contributed by atoms with Crippen molar-refractivity contribution in [2.24, 2.45) is 5.92 Å². The third-order valence-electron chi connectivity index (χ3n) is 3.72. The van der Waals surface area contributed by atoms with E-state index >= 15 is 0 Å². The molecule has 0 atom stereocenters. The Balaban J connectivity index is 1.79. The Morgan fingerprint density at radius 2 is 2.00 bits per heavy atom. The summed E-state index contributed by atoms with van der Waals surface area (Å²) in [5, 5.41) is 0. The molecule has 0 aromatic heterocycles. The minimum atomic E-state index is 0.162. The maximum Gasteiger partial charge on any atom is 0.230 e. The van der Waals surface area contributed by atoms with Crippen LogP contribution in [-0.4, -0.2) is 25.7 Å². The number of hydrogen-bond acceptors (Lipinski definition) is 2. The molecule has 2 aliphatic heterocycles. The Kier molecular flexibility index (Phi) is 2.85. The zero-order valence-electron chi connectivity index (χ0n) is 9.89. The van der Waals surface area contributed by atoms with Gasteiger partial charge in [-0.2, -0.15) is 0 Å². The number of ether oxygens (including phenoxy) is 1. The maximum absolute atomic E-state index is 12.4. The van der Waals surface area contributed by atoms with Crippen LogP contribution in [0.3, 0.4) is 0 Å². The number of carbonyl (C=O) groups excluding carboxylic acids is 1. The molecule has 0 unspecified atom stereocenters. The Morgan fingerprint density at radius 1 is 1.24 bits per heavy atom. The Hall–Kier alpha value is -1.35. The van der Waals surface area contributed by atoms with Crippen molar-refractivity contribution in [3.05, 3.63) is 29.8 Å². The molecule has 0 spiro atoms. The zero-order chi connectivity index (χ0) is 11.7. The van der Waals surface area contributed by atoms with Crippen LogP contribution in [0, 0.1) is 5.92 Å². The first-order valence-corrected chi connectivity index (χ1v) is 6.33. The van der Waals surface area contributed by atoms with E-state index in [0.717, 1.165) is 44.7 Å². The molecule has 0 aliphatic carbocycles. The largest absolute Gasteiger partial charge is 0.381 e. The summed E-state index contributed by atoms with van der Waals surface area (Å²) in [4.78, 5) is 14.4. The van der Waals surface area contributed by atoms with Crippen LogP contribution in [-0.2, 0) is 16.0 Å². The normalized spacial score (nSPS) is 20.4. The first-order valence-electron chi connectivity index (χ1n) is 6.33. The molecular weight excluding hydrogens is 214 g/mol. The van der Waals surface area contributed by atoms with E-state index in [1.165, 1.54) is 5.56 Å². The van der Waals surface area contributed by atoms with Gasteiger partial charge in [-0.1, -0.05) is 18.2 Å². The molecule has 1 aromatic rings. The molecule has 0 radical (unpaired) electrons. The Bertz CT molecular complexity index is 424. The van der Waals surface area contributed by atoms with Gasteiger partial charge in [0.05, 0.1) is 0 Å². The molecule has 2 heterocycles. The van der Waals surface area contributed by atoms with E-state index in [0.29, 0.717) is 5.91 Å². The molecule has 2 aliphatic rings. The highest BCUT2D eigenvalue weighted by Crippen LogP contribution is 2.30. The van der Waals surface area contributed by atoms with Gasteiger partial charge >= 0.3 is 0 Å². The molecule has 0 N–H and O–H groups in total. The van der Waals surface area contributed by atoms with Gasteiger partial charge in [-0.3, -0.25) is 4.79 Å². The van der Waals surface area contributed by atoms with Gasteiger partial charge in [0.25, 0.3) is 0 Å². The van der Waals surface area contributed by atoms with E-state index in [1.54, 1.807) is 0 Å². The van der Waals surface area contributed by atoms with Crippen LogP contribution in [0.25, 0.3) is 0 Å². The van der Waals surface area contributed by atoms with Crippen LogP contribution in [0.2, 0.25) is 0 Å². The molecule has 3 rings (SSSR count). The van der Waals surface area contributed by atoms with E-state index in [2.05, 4.69) is 12.1 Å². The van der Waals surface area contributed by atoms with Crippen LogP contribution < -0.4 is 4.90 Å². The molecule has 3 heteroatoms. The van der Waals surface area contributed by atoms with Gasteiger partial charge in [-0.05, 0) is 30.9 Å². The number of hydrogen-bond donors (Lipinski definition) is 0. The Morgan fingerprint density at radius 3 is 2.82 bits per heavy atom. The monoisotopic (exact) mass is 231 g/mol. The van der Waals surface area contributed by atoms with Crippen LogP contribution in [0.5, 0.6) is 0 Å². The first-order chi connectivity index (χ1) is 8.36. The molecule has 90 valence electrons. The summed E-state index contributed by atoms with van der Waals surface area (Å²) >= 11 is 0. The predicted molar refractivity (Wildman–Crippen MR) is 66.0 cm³/mol. The quantitative estimate of drug-likeness (QED) is 0.740. The lowest BCUT2D eigenvalue weighted by molar-refractivity contribution is -0.125. The van der Waals surface area contributed by atoms with Gasteiger partial charge in [-0.25, -0.2) is 0 Å². The number of para-hydroxylation sites is 1. The second kappa shape index (κ2) is 4.49. The SMILES string of the molecule is O=C(C1CCOCC1)N1CCc2ccccc21. The summed E-state index contributed by atoms with van der Waals surface area (Å²) in [5.41, 5.74) is 2.41. The summed E-state index contributed by atoms with van der Waals surface area (Å²) in [5.74, 6) is 0.452. The minimum Gasteiger partial charge on any atom is -0.381 e. The molecule has 0 bridgehead atoms. The number of rotatable bonds is 1. The zero-order valence-corrected chi connectivity index (χ0v) is 9.89. The lowest BCUT2D eigenvalue weighted by atomic mass is 9.98. The predicted octanol–water partition coefficient (Wildman–Crippen LogP) is 2.00. The molecule has 3 nitrogen and oxygen atoms in total.